The predicted octanol–water partition coefficient (Wildman–Crippen LogP) is 1.30. The molecular formula is C11H12O3. The molecule has 0 amide bonds. The van der Waals surface area contributed by atoms with Crippen LogP contribution in [0.4, 0.5) is 0 Å². The van der Waals surface area contributed by atoms with Gasteiger partial charge in [-0.2, -0.15) is 0 Å². The fourth-order valence-electron chi connectivity index (χ4n) is 1.55. The quantitative estimate of drug-likeness (QED) is 0.758. The monoisotopic (exact) mass is 192 g/mol. The van der Waals surface area contributed by atoms with Gasteiger partial charge >= 0.3 is 5.97 Å². The Morgan fingerprint density at radius 1 is 1.43 bits per heavy atom. The number of carboxylic acids is 1. The lowest BCUT2D eigenvalue weighted by Gasteiger charge is -2.08. The molecule has 0 bridgehead atoms. The highest BCUT2D eigenvalue weighted by molar-refractivity contribution is 5.70. The van der Waals surface area contributed by atoms with Gasteiger partial charge in [-0.05, 0) is 24.0 Å². The van der Waals surface area contributed by atoms with Gasteiger partial charge in [0.25, 0.3) is 0 Å². The molecule has 0 spiro atoms. The summed E-state index contributed by atoms with van der Waals surface area (Å²) in [5.74, 6) is -0.843. The van der Waals surface area contributed by atoms with Gasteiger partial charge in [-0.25, -0.2) is 0 Å². The number of carboxylic acid groups (broad SMARTS) is 1. The zero-order valence-corrected chi connectivity index (χ0v) is 7.73. The van der Waals surface area contributed by atoms with Crippen molar-refractivity contribution >= 4 is 5.97 Å². The number of aliphatic hydroxyl groups is 1. The molecule has 0 atom stereocenters. The average Bonchev–Trinajstić information content (AvgIpc) is 2.84. The van der Waals surface area contributed by atoms with Gasteiger partial charge in [-0.1, -0.05) is 24.3 Å². The normalized spacial score (nSPS) is 17.8. The van der Waals surface area contributed by atoms with E-state index < -0.39 is 11.6 Å². The van der Waals surface area contributed by atoms with E-state index in [1.165, 1.54) is 0 Å². The second-order valence-electron chi connectivity index (χ2n) is 3.80. The Balaban J connectivity index is 2.23. The van der Waals surface area contributed by atoms with Gasteiger partial charge in [0, 0.05) is 0 Å². The molecule has 0 radical (unpaired) electrons. The van der Waals surface area contributed by atoms with Gasteiger partial charge in [-0.3, -0.25) is 4.79 Å². The van der Waals surface area contributed by atoms with E-state index in [2.05, 4.69) is 0 Å². The zero-order valence-electron chi connectivity index (χ0n) is 7.73. The van der Waals surface area contributed by atoms with E-state index in [1.54, 1.807) is 18.2 Å². The molecule has 3 heteroatoms. The molecule has 1 aromatic rings. The summed E-state index contributed by atoms with van der Waals surface area (Å²) in [6.45, 7) is 0. The maximum absolute atomic E-state index is 10.5. The number of rotatable bonds is 3. The molecule has 0 aromatic heterocycles. The van der Waals surface area contributed by atoms with E-state index in [-0.39, 0.29) is 6.42 Å². The van der Waals surface area contributed by atoms with Crippen molar-refractivity contribution in [1.29, 1.82) is 0 Å². The molecular weight excluding hydrogens is 180 g/mol. The highest BCUT2D eigenvalue weighted by Crippen LogP contribution is 2.45. The van der Waals surface area contributed by atoms with Crippen LogP contribution >= 0.6 is 0 Å². The lowest BCUT2D eigenvalue weighted by atomic mass is 10.0. The third-order valence-corrected chi connectivity index (χ3v) is 2.54. The first-order chi connectivity index (χ1) is 6.60. The third kappa shape index (κ3) is 1.77. The summed E-state index contributed by atoms with van der Waals surface area (Å²) in [6.07, 6.45) is 1.58. The van der Waals surface area contributed by atoms with Crippen molar-refractivity contribution in [3.63, 3.8) is 0 Å². The molecule has 0 saturated heterocycles. The largest absolute Gasteiger partial charge is 0.481 e. The molecule has 0 unspecified atom stereocenters. The number of benzene rings is 1. The first-order valence-corrected chi connectivity index (χ1v) is 4.64. The molecule has 1 aliphatic rings. The van der Waals surface area contributed by atoms with Crippen LogP contribution in [-0.4, -0.2) is 16.2 Å². The lowest BCUT2D eigenvalue weighted by molar-refractivity contribution is -0.136. The van der Waals surface area contributed by atoms with Crippen LogP contribution in [-0.2, 0) is 16.8 Å². The summed E-state index contributed by atoms with van der Waals surface area (Å²) in [5, 5.41) is 18.4. The number of carbonyl (C=O) groups is 1. The minimum atomic E-state index is -0.843. The topological polar surface area (TPSA) is 57.5 Å². The molecule has 0 heterocycles. The smallest absolute Gasteiger partial charge is 0.307 e. The van der Waals surface area contributed by atoms with E-state index in [0.29, 0.717) is 0 Å². The van der Waals surface area contributed by atoms with Crippen LogP contribution in [0.1, 0.15) is 24.0 Å². The molecule has 1 fully saturated rings. The molecule has 2 rings (SSSR count). The van der Waals surface area contributed by atoms with Gasteiger partial charge in [0.1, 0.15) is 0 Å². The maximum Gasteiger partial charge on any atom is 0.307 e. The maximum atomic E-state index is 10.5. The minimum Gasteiger partial charge on any atom is -0.481 e. The highest BCUT2D eigenvalue weighted by Gasteiger charge is 2.41. The first-order valence-electron chi connectivity index (χ1n) is 4.64. The fraction of sp³-hybridized carbons (Fsp3) is 0.364. The Labute approximate surface area is 82.0 Å². The van der Waals surface area contributed by atoms with Crippen molar-refractivity contribution in [3.05, 3.63) is 35.4 Å². The van der Waals surface area contributed by atoms with Gasteiger partial charge in [0.05, 0.1) is 12.0 Å². The molecule has 2 N–H and O–H groups in total. The molecule has 74 valence electrons. The van der Waals surface area contributed by atoms with Crippen LogP contribution in [0.3, 0.4) is 0 Å². The second-order valence-corrected chi connectivity index (χ2v) is 3.80. The van der Waals surface area contributed by atoms with E-state index >= 15 is 0 Å². The van der Waals surface area contributed by atoms with Gasteiger partial charge < -0.3 is 10.2 Å². The highest BCUT2D eigenvalue weighted by atomic mass is 16.4. The molecule has 1 saturated carbocycles. The summed E-state index contributed by atoms with van der Waals surface area (Å²) in [4.78, 5) is 10.5. The van der Waals surface area contributed by atoms with Crippen LogP contribution in [0.5, 0.6) is 0 Å². The van der Waals surface area contributed by atoms with Crippen molar-refractivity contribution in [2.45, 2.75) is 24.9 Å². The Hall–Kier alpha value is -1.35. The van der Waals surface area contributed by atoms with Crippen LogP contribution in [0, 0.1) is 0 Å². The van der Waals surface area contributed by atoms with Gasteiger partial charge in [-0.15, -0.1) is 0 Å². The molecule has 14 heavy (non-hydrogen) atoms. The summed E-state index contributed by atoms with van der Waals surface area (Å²) in [7, 11) is 0. The number of hydrogen-bond acceptors (Lipinski definition) is 2. The van der Waals surface area contributed by atoms with Crippen molar-refractivity contribution in [2.75, 3.05) is 0 Å². The third-order valence-electron chi connectivity index (χ3n) is 2.54. The van der Waals surface area contributed by atoms with Crippen molar-refractivity contribution in [1.82, 2.24) is 0 Å². The van der Waals surface area contributed by atoms with Crippen molar-refractivity contribution in [3.8, 4) is 0 Å². The van der Waals surface area contributed by atoms with Gasteiger partial charge in [0.2, 0.25) is 0 Å². The summed E-state index contributed by atoms with van der Waals surface area (Å²) >= 11 is 0. The summed E-state index contributed by atoms with van der Waals surface area (Å²) in [5.41, 5.74) is 0.917. The first kappa shape index (κ1) is 9.21. The van der Waals surface area contributed by atoms with Crippen LogP contribution < -0.4 is 0 Å². The second kappa shape index (κ2) is 3.10. The Bertz CT molecular complexity index is 367. The average molecular weight is 192 g/mol. The van der Waals surface area contributed by atoms with Gasteiger partial charge in [0.15, 0.2) is 0 Å². The molecule has 1 aromatic carbocycles. The van der Waals surface area contributed by atoms with Crippen LogP contribution in [0.25, 0.3) is 0 Å². The van der Waals surface area contributed by atoms with Crippen molar-refractivity contribution in [2.24, 2.45) is 0 Å². The van der Waals surface area contributed by atoms with E-state index in [0.717, 1.165) is 24.0 Å². The minimum absolute atomic E-state index is 0.0178. The summed E-state index contributed by atoms with van der Waals surface area (Å²) < 4.78 is 0. The Morgan fingerprint density at radius 3 is 2.71 bits per heavy atom. The standard InChI is InChI=1S/C11H12O3/c12-10(13)7-8-2-1-3-9(6-8)11(14)4-5-11/h1-3,6,14H,4-5,7H2,(H,12,13). The van der Waals surface area contributed by atoms with E-state index in [9.17, 15) is 9.90 Å². The molecule has 1 aliphatic carbocycles. The fourth-order valence-corrected chi connectivity index (χ4v) is 1.55. The van der Waals surface area contributed by atoms with E-state index in [4.69, 9.17) is 5.11 Å². The number of hydrogen-bond donors (Lipinski definition) is 2. The Kier molecular flexibility index (Phi) is 2.04. The molecule has 0 aliphatic heterocycles. The van der Waals surface area contributed by atoms with Crippen LogP contribution in [0.2, 0.25) is 0 Å². The van der Waals surface area contributed by atoms with Crippen LogP contribution in [0.15, 0.2) is 24.3 Å². The predicted molar refractivity (Wildman–Crippen MR) is 50.9 cm³/mol. The SMILES string of the molecule is O=C(O)Cc1cccc(C2(O)CC2)c1. The summed E-state index contributed by atoms with van der Waals surface area (Å²) in [6, 6.07) is 7.19. The van der Waals surface area contributed by atoms with E-state index in [1.807, 2.05) is 6.07 Å². The Morgan fingerprint density at radius 2 is 2.14 bits per heavy atom. The molecule has 3 nitrogen and oxygen atoms in total. The zero-order chi connectivity index (χ0) is 10.2. The number of aliphatic carboxylic acids is 1. The van der Waals surface area contributed by atoms with Crippen molar-refractivity contribution < 1.29 is 15.0 Å². The lowest BCUT2D eigenvalue weighted by Crippen LogP contribution is -2.06.